The van der Waals surface area contributed by atoms with Crippen molar-refractivity contribution in [2.24, 2.45) is 0 Å². The molecule has 94 valence electrons. The standard InChI is InChI=1S/C13H13NO4/c1-2-18-13(17)11-7-9-4-3-8(6-12(15)16)5-10(9)14-11/h3-5,7,14H,2,6H2,1H3,(H,15,16). The highest BCUT2D eigenvalue weighted by Crippen LogP contribution is 2.18. The van der Waals surface area contributed by atoms with Gasteiger partial charge in [-0.15, -0.1) is 0 Å². The van der Waals surface area contributed by atoms with Gasteiger partial charge in [-0.2, -0.15) is 0 Å². The fraction of sp³-hybridized carbons (Fsp3) is 0.231. The molecule has 5 nitrogen and oxygen atoms in total. The number of carbonyl (C=O) groups excluding carboxylic acids is 1. The molecule has 2 rings (SSSR count). The van der Waals surface area contributed by atoms with E-state index < -0.39 is 11.9 Å². The maximum atomic E-state index is 11.5. The molecule has 0 atom stereocenters. The summed E-state index contributed by atoms with van der Waals surface area (Å²) in [5, 5.41) is 9.57. The Labute approximate surface area is 103 Å². The Morgan fingerprint density at radius 1 is 1.33 bits per heavy atom. The van der Waals surface area contributed by atoms with Crippen LogP contribution in [0.5, 0.6) is 0 Å². The van der Waals surface area contributed by atoms with E-state index in [2.05, 4.69) is 4.98 Å². The number of nitrogens with one attached hydrogen (secondary N) is 1. The van der Waals surface area contributed by atoms with Crippen molar-refractivity contribution in [2.75, 3.05) is 6.61 Å². The smallest absolute Gasteiger partial charge is 0.354 e. The van der Waals surface area contributed by atoms with E-state index in [-0.39, 0.29) is 6.42 Å². The van der Waals surface area contributed by atoms with Crippen LogP contribution in [0.3, 0.4) is 0 Å². The average molecular weight is 247 g/mol. The molecular formula is C13H13NO4. The van der Waals surface area contributed by atoms with Crippen LogP contribution in [-0.4, -0.2) is 28.6 Å². The van der Waals surface area contributed by atoms with E-state index in [9.17, 15) is 9.59 Å². The highest BCUT2D eigenvalue weighted by Gasteiger charge is 2.10. The van der Waals surface area contributed by atoms with Crippen LogP contribution in [0, 0.1) is 0 Å². The first-order valence-electron chi connectivity index (χ1n) is 5.60. The number of aromatic amines is 1. The first kappa shape index (κ1) is 12.2. The second-order valence-corrected chi connectivity index (χ2v) is 3.90. The maximum Gasteiger partial charge on any atom is 0.354 e. The summed E-state index contributed by atoms with van der Waals surface area (Å²) in [7, 11) is 0. The Kier molecular flexibility index (Phi) is 3.32. The molecule has 2 N–H and O–H groups in total. The van der Waals surface area contributed by atoms with E-state index in [4.69, 9.17) is 9.84 Å². The predicted octanol–water partition coefficient (Wildman–Crippen LogP) is 1.97. The fourth-order valence-corrected chi connectivity index (χ4v) is 1.78. The number of hydrogen-bond donors (Lipinski definition) is 2. The number of rotatable bonds is 4. The van der Waals surface area contributed by atoms with Crippen LogP contribution in [0.15, 0.2) is 24.3 Å². The second kappa shape index (κ2) is 4.91. The van der Waals surface area contributed by atoms with Crippen LogP contribution in [0.4, 0.5) is 0 Å². The van der Waals surface area contributed by atoms with Crippen molar-refractivity contribution in [3.8, 4) is 0 Å². The Morgan fingerprint density at radius 2 is 2.11 bits per heavy atom. The third-order valence-corrected chi connectivity index (χ3v) is 2.54. The molecule has 2 aromatic rings. The van der Waals surface area contributed by atoms with Crippen molar-refractivity contribution < 1.29 is 19.4 Å². The van der Waals surface area contributed by atoms with Gasteiger partial charge in [0.2, 0.25) is 0 Å². The van der Waals surface area contributed by atoms with Gasteiger partial charge in [-0.05, 0) is 24.6 Å². The Hall–Kier alpha value is -2.30. The monoisotopic (exact) mass is 247 g/mol. The number of aliphatic carboxylic acids is 1. The summed E-state index contributed by atoms with van der Waals surface area (Å²) in [5.41, 5.74) is 1.79. The van der Waals surface area contributed by atoms with E-state index in [1.165, 1.54) is 0 Å². The van der Waals surface area contributed by atoms with Gasteiger partial charge in [-0.1, -0.05) is 12.1 Å². The zero-order chi connectivity index (χ0) is 13.1. The largest absolute Gasteiger partial charge is 0.481 e. The molecule has 1 aromatic carbocycles. The quantitative estimate of drug-likeness (QED) is 0.809. The average Bonchev–Trinajstić information content (AvgIpc) is 2.71. The SMILES string of the molecule is CCOC(=O)c1cc2ccc(CC(=O)O)cc2[nH]1. The normalized spacial score (nSPS) is 10.5. The number of benzene rings is 1. The van der Waals surface area contributed by atoms with Gasteiger partial charge in [-0.3, -0.25) is 4.79 Å². The number of esters is 1. The third kappa shape index (κ3) is 2.51. The molecule has 0 bridgehead atoms. The number of carbonyl (C=O) groups is 2. The molecule has 0 amide bonds. The van der Waals surface area contributed by atoms with Crippen LogP contribution >= 0.6 is 0 Å². The molecule has 1 aromatic heterocycles. The number of ether oxygens (including phenoxy) is 1. The lowest BCUT2D eigenvalue weighted by Gasteiger charge is -1.97. The van der Waals surface area contributed by atoms with Crippen molar-refractivity contribution in [2.45, 2.75) is 13.3 Å². The summed E-state index contributed by atoms with van der Waals surface area (Å²) in [5.74, 6) is -1.29. The minimum absolute atomic E-state index is 0.0380. The van der Waals surface area contributed by atoms with Crippen LogP contribution in [-0.2, 0) is 16.0 Å². The van der Waals surface area contributed by atoms with E-state index >= 15 is 0 Å². The molecular weight excluding hydrogens is 234 g/mol. The zero-order valence-corrected chi connectivity index (χ0v) is 9.90. The van der Waals surface area contributed by atoms with Crippen molar-refractivity contribution in [3.63, 3.8) is 0 Å². The number of aromatic nitrogens is 1. The molecule has 0 aliphatic rings. The molecule has 18 heavy (non-hydrogen) atoms. The van der Waals surface area contributed by atoms with Crippen LogP contribution in [0.2, 0.25) is 0 Å². The predicted molar refractivity (Wildman–Crippen MR) is 65.6 cm³/mol. The van der Waals surface area contributed by atoms with Gasteiger partial charge in [0.15, 0.2) is 0 Å². The summed E-state index contributed by atoms with van der Waals surface area (Å²) in [6, 6.07) is 6.94. The molecule has 0 spiro atoms. The molecule has 0 saturated carbocycles. The highest BCUT2D eigenvalue weighted by atomic mass is 16.5. The molecule has 5 heteroatoms. The van der Waals surface area contributed by atoms with Gasteiger partial charge < -0.3 is 14.8 Å². The molecule has 0 aliphatic carbocycles. The minimum Gasteiger partial charge on any atom is -0.481 e. The van der Waals surface area contributed by atoms with Crippen LogP contribution in [0.1, 0.15) is 23.0 Å². The summed E-state index contributed by atoms with van der Waals surface area (Å²) in [6.45, 7) is 2.06. The molecule has 0 aliphatic heterocycles. The summed E-state index contributed by atoms with van der Waals surface area (Å²) in [6.07, 6.45) is -0.0380. The van der Waals surface area contributed by atoms with E-state index in [0.717, 1.165) is 10.9 Å². The summed E-state index contributed by atoms with van der Waals surface area (Å²) >= 11 is 0. The highest BCUT2D eigenvalue weighted by molar-refractivity contribution is 5.95. The number of H-pyrrole nitrogens is 1. The molecule has 0 unspecified atom stereocenters. The lowest BCUT2D eigenvalue weighted by atomic mass is 10.1. The first-order valence-corrected chi connectivity index (χ1v) is 5.60. The van der Waals surface area contributed by atoms with E-state index in [1.807, 2.05) is 0 Å². The first-order chi connectivity index (χ1) is 8.60. The minimum atomic E-state index is -0.883. The Morgan fingerprint density at radius 3 is 2.78 bits per heavy atom. The van der Waals surface area contributed by atoms with Crippen molar-refractivity contribution in [1.29, 1.82) is 0 Å². The second-order valence-electron chi connectivity index (χ2n) is 3.90. The lowest BCUT2D eigenvalue weighted by molar-refractivity contribution is -0.136. The lowest BCUT2D eigenvalue weighted by Crippen LogP contribution is -2.04. The van der Waals surface area contributed by atoms with Crippen molar-refractivity contribution >= 4 is 22.8 Å². The van der Waals surface area contributed by atoms with Crippen LogP contribution < -0.4 is 0 Å². The van der Waals surface area contributed by atoms with Gasteiger partial charge in [0.05, 0.1) is 13.0 Å². The van der Waals surface area contributed by atoms with Crippen LogP contribution in [0.25, 0.3) is 10.9 Å². The van der Waals surface area contributed by atoms with E-state index in [0.29, 0.717) is 17.9 Å². The third-order valence-electron chi connectivity index (χ3n) is 2.54. The Bertz CT molecular complexity index is 600. The maximum absolute atomic E-state index is 11.5. The zero-order valence-electron chi connectivity index (χ0n) is 9.90. The number of carboxylic acids is 1. The molecule has 0 saturated heterocycles. The van der Waals surface area contributed by atoms with Gasteiger partial charge in [0, 0.05) is 10.9 Å². The van der Waals surface area contributed by atoms with Gasteiger partial charge in [-0.25, -0.2) is 4.79 Å². The summed E-state index contributed by atoms with van der Waals surface area (Å²) < 4.78 is 4.89. The van der Waals surface area contributed by atoms with Crippen molar-refractivity contribution in [3.05, 3.63) is 35.5 Å². The number of fused-ring (bicyclic) bond motifs is 1. The van der Waals surface area contributed by atoms with Gasteiger partial charge >= 0.3 is 11.9 Å². The summed E-state index contributed by atoms with van der Waals surface area (Å²) in [4.78, 5) is 25.1. The van der Waals surface area contributed by atoms with Gasteiger partial charge in [0.1, 0.15) is 5.69 Å². The molecule has 1 heterocycles. The molecule has 0 fully saturated rings. The van der Waals surface area contributed by atoms with Gasteiger partial charge in [0.25, 0.3) is 0 Å². The molecule has 0 radical (unpaired) electrons. The van der Waals surface area contributed by atoms with E-state index in [1.54, 1.807) is 31.2 Å². The number of hydrogen-bond acceptors (Lipinski definition) is 3. The van der Waals surface area contributed by atoms with Crippen molar-refractivity contribution in [1.82, 2.24) is 4.98 Å². The topological polar surface area (TPSA) is 79.4 Å². The fourth-order valence-electron chi connectivity index (χ4n) is 1.78. The Balaban J connectivity index is 2.33. The number of carboxylic acid groups (broad SMARTS) is 1.